The molecule has 2 heterocycles. The van der Waals surface area contributed by atoms with Crippen LogP contribution in [0.2, 0.25) is 4.47 Å². The minimum atomic E-state index is -0.677. The molecule has 8 nitrogen and oxygen atoms in total. The van der Waals surface area contributed by atoms with E-state index in [4.69, 9.17) is 11.6 Å². The van der Waals surface area contributed by atoms with E-state index in [0.29, 0.717) is 30.3 Å². The van der Waals surface area contributed by atoms with Crippen LogP contribution in [0.15, 0.2) is 11.3 Å². The lowest BCUT2D eigenvalue weighted by Crippen LogP contribution is -2.55. The molecule has 1 aromatic heterocycles. The number of hydrazone groups is 1. The SMILES string of the molecule is C.CN1CN(C)/C(=N\[N+](=O)[O-])N(Cc2cnc(Cl)s2)C1. The summed E-state index contributed by atoms with van der Waals surface area (Å²) in [7, 11) is 3.71. The molecular weight excluding hydrogens is 304 g/mol. The number of hydrogen-bond acceptors (Lipinski definition) is 5. The van der Waals surface area contributed by atoms with Crippen LogP contribution in [0, 0.1) is 10.1 Å². The average molecular weight is 321 g/mol. The van der Waals surface area contributed by atoms with Crippen LogP contribution in [0.5, 0.6) is 0 Å². The highest BCUT2D eigenvalue weighted by molar-refractivity contribution is 7.15. The van der Waals surface area contributed by atoms with Gasteiger partial charge < -0.3 is 9.80 Å². The zero-order valence-corrected chi connectivity index (χ0v) is 12.1. The molecule has 10 heteroatoms. The van der Waals surface area contributed by atoms with E-state index in [1.165, 1.54) is 11.3 Å². The summed E-state index contributed by atoms with van der Waals surface area (Å²) < 4.78 is 0.460. The maximum Gasteiger partial charge on any atom is 0.276 e. The number of guanidine groups is 1. The van der Waals surface area contributed by atoms with Crippen molar-refractivity contribution in [2.75, 3.05) is 27.4 Å². The summed E-state index contributed by atoms with van der Waals surface area (Å²) in [6, 6.07) is 0. The van der Waals surface area contributed by atoms with E-state index in [2.05, 4.69) is 10.1 Å². The summed E-state index contributed by atoms with van der Waals surface area (Å²) in [5.41, 5.74) is 0. The van der Waals surface area contributed by atoms with Gasteiger partial charge in [-0.05, 0) is 7.05 Å². The van der Waals surface area contributed by atoms with Crippen LogP contribution in [0.4, 0.5) is 0 Å². The predicted molar refractivity (Wildman–Crippen MR) is 79.1 cm³/mol. The number of hydrogen-bond donors (Lipinski definition) is 0. The third kappa shape index (κ3) is 4.02. The molecule has 0 unspecified atom stereocenters. The van der Waals surface area contributed by atoms with Crippen molar-refractivity contribution in [2.45, 2.75) is 14.0 Å². The molecule has 1 saturated heterocycles. The summed E-state index contributed by atoms with van der Waals surface area (Å²) in [5, 5.41) is 13.4. The number of aromatic nitrogens is 1. The monoisotopic (exact) mass is 320 g/mol. The van der Waals surface area contributed by atoms with Crippen molar-refractivity contribution in [3.8, 4) is 0 Å². The predicted octanol–water partition coefficient (Wildman–Crippen LogP) is 1.57. The largest absolute Gasteiger partial charge is 0.328 e. The van der Waals surface area contributed by atoms with Gasteiger partial charge in [0.25, 0.3) is 5.96 Å². The summed E-state index contributed by atoms with van der Waals surface area (Å²) >= 11 is 7.14. The molecule has 112 valence electrons. The molecule has 1 aliphatic rings. The first-order chi connectivity index (χ1) is 8.95. The van der Waals surface area contributed by atoms with E-state index in [1.54, 1.807) is 18.1 Å². The van der Waals surface area contributed by atoms with Crippen LogP contribution >= 0.6 is 22.9 Å². The second-order valence-electron chi connectivity index (χ2n) is 4.25. The number of halogens is 1. The maximum atomic E-state index is 10.6. The van der Waals surface area contributed by atoms with Gasteiger partial charge in [-0.2, -0.15) is 0 Å². The van der Waals surface area contributed by atoms with Gasteiger partial charge in [0.2, 0.25) is 0 Å². The van der Waals surface area contributed by atoms with Gasteiger partial charge in [-0.3, -0.25) is 4.90 Å². The van der Waals surface area contributed by atoms with Crippen molar-refractivity contribution in [1.29, 1.82) is 0 Å². The summed E-state index contributed by atoms with van der Waals surface area (Å²) in [6.45, 7) is 1.64. The zero-order valence-electron chi connectivity index (χ0n) is 10.5. The van der Waals surface area contributed by atoms with Gasteiger partial charge in [0.05, 0.1) is 19.9 Å². The van der Waals surface area contributed by atoms with Gasteiger partial charge in [-0.25, -0.2) is 15.1 Å². The molecule has 20 heavy (non-hydrogen) atoms. The molecule has 0 amide bonds. The minimum absolute atomic E-state index is 0. The smallest absolute Gasteiger partial charge is 0.276 e. The minimum Gasteiger partial charge on any atom is -0.328 e. The molecule has 0 aromatic carbocycles. The molecule has 0 saturated carbocycles. The number of nitrogens with zero attached hydrogens (tertiary/aromatic N) is 6. The molecule has 0 N–H and O–H groups in total. The Morgan fingerprint density at radius 3 is 2.80 bits per heavy atom. The van der Waals surface area contributed by atoms with Crippen molar-refractivity contribution < 1.29 is 5.03 Å². The Kier molecular flexibility index (Phi) is 5.66. The van der Waals surface area contributed by atoms with E-state index in [9.17, 15) is 10.1 Å². The fraction of sp³-hybridized carbons (Fsp3) is 0.600. The normalized spacial score (nSPS) is 18.2. The van der Waals surface area contributed by atoms with Gasteiger partial charge in [0.15, 0.2) is 9.50 Å². The van der Waals surface area contributed by atoms with Crippen LogP contribution in [0.3, 0.4) is 0 Å². The zero-order chi connectivity index (χ0) is 14.0. The summed E-state index contributed by atoms with van der Waals surface area (Å²) in [6.07, 6.45) is 1.67. The fourth-order valence-corrected chi connectivity index (χ4v) is 2.94. The molecule has 0 radical (unpaired) electrons. The van der Waals surface area contributed by atoms with Crippen LogP contribution in [0.25, 0.3) is 0 Å². The molecule has 2 rings (SSSR count). The van der Waals surface area contributed by atoms with E-state index < -0.39 is 5.03 Å². The van der Waals surface area contributed by atoms with E-state index in [-0.39, 0.29) is 7.43 Å². The van der Waals surface area contributed by atoms with Gasteiger partial charge in [0.1, 0.15) is 5.10 Å². The summed E-state index contributed by atoms with van der Waals surface area (Å²) in [4.78, 5) is 21.1. The van der Waals surface area contributed by atoms with Crippen LogP contribution in [0.1, 0.15) is 12.3 Å². The molecule has 0 atom stereocenters. The number of rotatable bonds is 3. The number of nitro groups is 1. The van der Waals surface area contributed by atoms with Crippen molar-refractivity contribution in [3.05, 3.63) is 25.7 Å². The van der Waals surface area contributed by atoms with E-state index >= 15 is 0 Å². The van der Waals surface area contributed by atoms with Crippen molar-refractivity contribution in [1.82, 2.24) is 19.7 Å². The second-order valence-corrected chi connectivity index (χ2v) is 5.95. The first kappa shape index (κ1) is 16.6. The molecule has 0 spiro atoms. The Balaban J connectivity index is 0.00000200. The standard InChI is InChI=1S/C9H13ClN6O2S.CH4/c1-13-5-14(2)9(12-16(17)18)15(6-13)4-7-3-11-8(10)19-7;/h3H,4-6H2,1-2H3;1H4/b12-9+;. The first-order valence-corrected chi connectivity index (χ1v) is 6.63. The van der Waals surface area contributed by atoms with Crippen molar-refractivity contribution >= 4 is 28.9 Å². The quantitative estimate of drug-likeness (QED) is 0.621. The fourth-order valence-electron chi connectivity index (χ4n) is 1.94. The first-order valence-electron chi connectivity index (χ1n) is 5.43. The highest BCUT2D eigenvalue weighted by Gasteiger charge is 2.27. The van der Waals surface area contributed by atoms with Crippen molar-refractivity contribution in [3.63, 3.8) is 0 Å². The lowest BCUT2D eigenvalue weighted by atomic mass is 10.4. The molecular formula is C10H17ClN6O2S. The second kappa shape index (κ2) is 6.82. The highest BCUT2D eigenvalue weighted by Crippen LogP contribution is 2.21. The van der Waals surface area contributed by atoms with E-state index in [0.717, 1.165) is 4.88 Å². The van der Waals surface area contributed by atoms with Gasteiger partial charge in [0, 0.05) is 18.1 Å². The van der Waals surface area contributed by atoms with Crippen LogP contribution < -0.4 is 0 Å². The molecule has 1 fully saturated rings. The molecule has 0 bridgehead atoms. The Bertz CT molecular complexity index is 508. The maximum absolute atomic E-state index is 10.6. The van der Waals surface area contributed by atoms with Gasteiger partial charge in [-0.1, -0.05) is 19.0 Å². The Morgan fingerprint density at radius 1 is 1.55 bits per heavy atom. The van der Waals surface area contributed by atoms with Crippen molar-refractivity contribution in [2.24, 2.45) is 5.10 Å². The Morgan fingerprint density at radius 2 is 2.25 bits per heavy atom. The van der Waals surface area contributed by atoms with E-state index in [1.807, 2.05) is 16.8 Å². The molecule has 1 aromatic rings. The lowest BCUT2D eigenvalue weighted by Gasteiger charge is -2.39. The Hall–Kier alpha value is -1.45. The third-order valence-electron chi connectivity index (χ3n) is 2.53. The Labute approximate surface area is 126 Å². The summed E-state index contributed by atoms with van der Waals surface area (Å²) in [5.74, 6) is 0.340. The van der Waals surface area contributed by atoms with Crippen LogP contribution in [-0.2, 0) is 6.54 Å². The third-order valence-corrected chi connectivity index (χ3v) is 3.63. The molecule has 1 aliphatic heterocycles. The van der Waals surface area contributed by atoms with Gasteiger partial charge >= 0.3 is 0 Å². The average Bonchev–Trinajstić information content (AvgIpc) is 2.69. The molecule has 0 aliphatic carbocycles. The highest BCUT2D eigenvalue weighted by atomic mass is 35.5. The van der Waals surface area contributed by atoms with Gasteiger partial charge in [-0.15, -0.1) is 11.3 Å². The van der Waals surface area contributed by atoms with Crippen LogP contribution in [-0.4, -0.2) is 58.1 Å². The number of thiazole rings is 1. The lowest BCUT2D eigenvalue weighted by molar-refractivity contribution is -0.486. The topological polar surface area (TPSA) is 78.1 Å².